The molecule has 0 bridgehead atoms. The third-order valence-electron chi connectivity index (χ3n) is 11.6. The summed E-state index contributed by atoms with van der Waals surface area (Å²) in [6, 6.07) is 0. The van der Waals surface area contributed by atoms with E-state index in [9.17, 15) is 14.4 Å². The van der Waals surface area contributed by atoms with Crippen molar-refractivity contribution >= 4 is 17.9 Å². The molecule has 0 rings (SSSR count). The van der Waals surface area contributed by atoms with Crippen LogP contribution in [-0.2, 0) is 28.6 Å². The monoisotopic (exact) mass is 993 g/mol. The molecule has 0 N–H and O–H groups in total. The van der Waals surface area contributed by atoms with Gasteiger partial charge in [-0.1, -0.05) is 224 Å². The minimum absolute atomic E-state index is 0.120. The first kappa shape index (κ1) is 67.3. The van der Waals surface area contributed by atoms with Gasteiger partial charge in [-0.15, -0.1) is 0 Å². The number of carbonyl (C=O) groups is 3. The molecule has 1 unspecified atom stereocenters. The van der Waals surface area contributed by atoms with Gasteiger partial charge in [-0.3, -0.25) is 14.4 Å². The zero-order valence-electron chi connectivity index (χ0n) is 46.1. The first-order valence-corrected chi connectivity index (χ1v) is 28.8. The van der Waals surface area contributed by atoms with Crippen LogP contribution in [0.2, 0.25) is 0 Å². The molecule has 0 aromatic heterocycles. The fraction of sp³-hybridized carbons (Fsp3) is 0.591. The number of hydrogen-bond acceptors (Lipinski definition) is 6. The molecule has 0 saturated carbocycles. The molecule has 0 spiro atoms. The van der Waals surface area contributed by atoms with Crippen molar-refractivity contribution < 1.29 is 28.6 Å². The van der Waals surface area contributed by atoms with Crippen molar-refractivity contribution in [3.05, 3.63) is 146 Å². The first-order chi connectivity index (χ1) is 35.5. The number of rotatable bonds is 50. The van der Waals surface area contributed by atoms with Gasteiger partial charge in [0.2, 0.25) is 0 Å². The van der Waals surface area contributed by atoms with E-state index in [2.05, 4.69) is 167 Å². The molecule has 0 radical (unpaired) electrons. The van der Waals surface area contributed by atoms with Gasteiger partial charge in [0.25, 0.3) is 0 Å². The second kappa shape index (κ2) is 58.9. The molecule has 0 heterocycles. The van der Waals surface area contributed by atoms with Crippen molar-refractivity contribution in [3.63, 3.8) is 0 Å². The van der Waals surface area contributed by atoms with Gasteiger partial charge >= 0.3 is 17.9 Å². The summed E-state index contributed by atoms with van der Waals surface area (Å²) in [4.78, 5) is 38.1. The Bertz CT molecular complexity index is 1610. The highest BCUT2D eigenvalue weighted by Crippen LogP contribution is 2.13. The fourth-order valence-corrected chi connectivity index (χ4v) is 7.30. The first-order valence-electron chi connectivity index (χ1n) is 28.8. The topological polar surface area (TPSA) is 78.9 Å². The number of allylic oxidation sites excluding steroid dienone is 24. The van der Waals surface area contributed by atoms with Crippen LogP contribution >= 0.6 is 0 Å². The highest BCUT2D eigenvalue weighted by Gasteiger charge is 2.19. The van der Waals surface area contributed by atoms with E-state index >= 15 is 0 Å². The molecular formula is C66H104O6. The Morgan fingerprint density at radius 3 is 0.917 bits per heavy atom. The zero-order chi connectivity index (χ0) is 52.2. The Kier molecular flexibility index (Phi) is 55.0. The van der Waals surface area contributed by atoms with E-state index in [1.54, 1.807) is 0 Å². The molecule has 6 nitrogen and oxygen atoms in total. The molecule has 0 aliphatic carbocycles. The number of hydrogen-bond donors (Lipinski definition) is 0. The lowest BCUT2D eigenvalue weighted by Crippen LogP contribution is -2.30. The van der Waals surface area contributed by atoms with Crippen LogP contribution in [0.5, 0.6) is 0 Å². The van der Waals surface area contributed by atoms with Crippen LogP contribution in [0.3, 0.4) is 0 Å². The Hall–Kier alpha value is -4.71. The van der Waals surface area contributed by atoms with Crippen molar-refractivity contribution in [2.75, 3.05) is 13.2 Å². The van der Waals surface area contributed by atoms with E-state index < -0.39 is 6.10 Å². The van der Waals surface area contributed by atoms with Gasteiger partial charge in [-0.2, -0.15) is 0 Å². The van der Waals surface area contributed by atoms with E-state index in [0.717, 1.165) is 128 Å². The van der Waals surface area contributed by atoms with Crippen molar-refractivity contribution in [2.24, 2.45) is 0 Å². The molecule has 72 heavy (non-hydrogen) atoms. The van der Waals surface area contributed by atoms with Crippen LogP contribution in [0.1, 0.15) is 233 Å². The normalized spacial score (nSPS) is 13.2. The minimum Gasteiger partial charge on any atom is -0.462 e. The summed E-state index contributed by atoms with van der Waals surface area (Å²) in [5.41, 5.74) is 0. The number of ether oxygens (including phenoxy) is 3. The van der Waals surface area contributed by atoms with Crippen molar-refractivity contribution in [1.29, 1.82) is 0 Å². The smallest absolute Gasteiger partial charge is 0.306 e. The van der Waals surface area contributed by atoms with Crippen molar-refractivity contribution in [3.8, 4) is 0 Å². The van der Waals surface area contributed by atoms with E-state index in [0.29, 0.717) is 19.3 Å². The molecule has 404 valence electrons. The largest absolute Gasteiger partial charge is 0.462 e. The van der Waals surface area contributed by atoms with Gasteiger partial charge in [0, 0.05) is 19.3 Å². The van der Waals surface area contributed by atoms with Gasteiger partial charge in [0.1, 0.15) is 13.2 Å². The Labute approximate surface area is 442 Å². The zero-order valence-corrected chi connectivity index (χ0v) is 46.1. The average molecular weight is 994 g/mol. The maximum Gasteiger partial charge on any atom is 0.306 e. The summed E-state index contributed by atoms with van der Waals surface area (Å²) < 4.78 is 16.8. The van der Waals surface area contributed by atoms with Crippen LogP contribution in [-0.4, -0.2) is 37.2 Å². The van der Waals surface area contributed by atoms with Gasteiger partial charge in [-0.25, -0.2) is 0 Å². The molecule has 6 heteroatoms. The Morgan fingerprint density at radius 1 is 0.292 bits per heavy atom. The molecular weight excluding hydrogens is 889 g/mol. The van der Waals surface area contributed by atoms with Crippen LogP contribution in [0, 0.1) is 0 Å². The van der Waals surface area contributed by atoms with Crippen molar-refractivity contribution in [1.82, 2.24) is 0 Å². The van der Waals surface area contributed by atoms with Crippen LogP contribution < -0.4 is 0 Å². The number of carbonyl (C=O) groups excluding carboxylic acids is 3. The molecule has 0 aromatic carbocycles. The third-order valence-corrected chi connectivity index (χ3v) is 11.6. The number of unbranched alkanes of at least 4 members (excludes halogenated alkanes) is 15. The summed E-state index contributed by atoms with van der Waals surface area (Å²) in [5, 5.41) is 0. The molecule has 0 amide bonds. The van der Waals surface area contributed by atoms with Crippen molar-refractivity contribution in [2.45, 2.75) is 239 Å². The maximum atomic E-state index is 12.9. The van der Waals surface area contributed by atoms with Gasteiger partial charge < -0.3 is 14.2 Å². The fourth-order valence-electron chi connectivity index (χ4n) is 7.30. The summed E-state index contributed by atoms with van der Waals surface area (Å²) >= 11 is 0. The van der Waals surface area contributed by atoms with E-state index in [1.807, 2.05) is 0 Å². The standard InChI is InChI=1S/C66H104O6/c1-4-7-10-13-16-19-22-25-27-29-31-32-33-34-35-37-38-41-44-47-50-53-56-59-65(68)71-62-63(61-70-64(67)58-55-52-49-46-43-40-24-21-18-15-12-9-6-3)72-66(69)60-57-54-51-48-45-42-39-36-30-28-26-23-20-17-14-11-8-5-2/h7,9-10,12,16,18-21,23,25,27-28,30-32,34-35,38,40-41,43,47,50,63H,4-6,8,11,13-15,17,22,24,26,29,33,36-37,39,42,44-46,48-49,51-62H2,1-3H3/b10-7-,12-9-,19-16-,21-18-,23-20-,27-25-,30-28-,32-31-,35-34-,41-38-,43-40-,50-47-. The predicted molar refractivity (Wildman–Crippen MR) is 311 cm³/mol. The molecule has 0 aliphatic rings. The van der Waals surface area contributed by atoms with Crippen LogP contribution in [0.25, 0.3) is 0 Å². The summed E-state index contributed by atoms with van der Waals surface area (Å²) in [6.07, 6.45) is 84.1. The molecule has 0 fully saturated rings. The summed E-state index contributed by atoms with van der Waals surface area (Å²) in [6.45, 7) is 6.30. The molecule has 0 saturated heterocycles. The molecule has 1 atom stereocenters. The highest BCUT2D eigenvalue weighted by atomic mass is 16.6. The minimum atomic E-state index is -0.825. The summed E-state index contributed by atoms with van der Waals surface area (Å²) in [7, 11) is 0. The van der Waals surface area contributed by atoms with Gasteiger partial charge in [0.15, 0.2) is 6.10 Å². The average Bonchev–Trinajstić information content (AvgIpc) is 3.38. The predicted octanol–water partition coefficient (Wildman–Crippen LogP) is 19.6. The second-order valence-corrected chi connectivity index (χ2v) is 18.4. The lowest BCUT2D eigenvalue weighted by atomic mass is 10.1. The van der Waals surface area contributed by atoms with E-state index in [1.165, 1.54) is 57.8 Å². The third kappa shape index (κ3) is 56.2. The number of esters is 3. The SMILES string of the molecule is CC/C=C\C/C=C\C/C=C\C/C=C\C/C=C\C/C=C\C/C=C\CCCC(=O)OCC(COC(=O)CCCCC/C=C\C/C=C\C/C=C\CC)OC(=O)CCCCCCCCC/C=C\C/C=C\CCCCCC. The van der Waals surface area contributed by atoms with Gasteiger partial charge in [0.05, 0.1) is 0 Å². The van der Waals surface area contributed by atoms with E-state index in [-0.39, 0.29) is 37.5 Å². The quantitative estimate of drug-likeness (QED) is 0.0261. The Balaban J connectivity index is 4.53. The molecule has 0 aromatic rings. The molecule has 0 aliphatic heterocycles. The lowest BCUT2D eigenvalue weighted by Gasteiger charge is -2.18. The van der Waals surface area contributed by atoms with Crippen LogP contribution in [0.4, 0.5) is 0 Å². The van der Waals surface area contributed by atoms with Crippen LogP contribution in [0.15, 0.2) is 146 Å². The van der Waals surface area contributed by atoms with E-state index in [4.69, 9.17) is 14.2 Å². The second-order valence-electron chi connectivity index (χ2n) is 18.4. The lowest BCUT2D eigenvalue weighted by molar-refractivity contribution is -0.167. The highest BCUT2D eigenvalue weighted by molar-refractivity contribution is 5.71. The Morgan fingerprint density at radius 2 is 0.556 bits per heavy atom. The van der Waals surface area contributed by atoms with Gasteiger partial charge in [-0.05, 0) is 135 Å². The summed E-state index contributed by atoms with van der Waals surface area (Å²) in [5.74, 6) is -1.02. The maximum absolute atomic E-state index is 12.9.